The highest BCUT2D eigenvalue weighted by molar-refractivity contribution is 5.80. The smallest absolute Gasteiger partial charge is 0.222 e. The molecular formula is C16H26N4O2. The molecule has 0 radical (unpaired) electrons. The summed E-state index contributed by atoms with van der Waals surface area (Å²) in [6.45, 7) is 10.2. The summed E-state index contributed by atoms with van der Waals surface area (Å²) in [5, 5.41) is 7.51. The van der Waals surface area contributed by atoms with Crippen molar-refractivity contribution in [1.29, 1.82) is 0 Å². The van der Waals surface area contributed by atoms with Gasteiger partial charge in [0.1, 0.15) is 0 Å². The Labute approximate surface area is 131 Å². The number of hydrogen-bond donors (Lipinski definition) is 1. The van der Waals surface area contributed by atoms with Gasteiger partial charge in [-0.05, 0) is 34.1 Å². The predicted octanol–water partition coefficient (Wildman–Crippen LogP) is 1.71. The fourth-order valence-electron chi connectivity index (χ4n) is 3.21. The van der Waals surface area contributed by atoms with Crippen LogP contribution in [0.5, 0.6) is 0 Å². The third kappa shape index (κ3) is 3.48. The lowest BCUT2D eigenvalue weighted by molar-refractivity contribution is -0.128. The lowest BCUT2D eigenvalue weighted by atomic mass is 10.1. The number of nitrogens with zero attached hydrogens (tertiary/aromatic N) is 3. The van der Waals surface area contributed by atoms with Crippen LogP contribution in [0.1, 0.15) is 56.1 Å². The van der Waals surface area contributed by atoms with Crippen molar-refractivity contribution in [3.8, 4) is 0 Å². The Morgan fingerprint density at radius 1 is 1.41 bits per heavy atom. The second-order valence-electron chi connectivity index (χ2n) is 5.92. The minimum absolute atomic E-state index is 0.0183. The predicted molar refractivity (Wildman–Crippen MR) is 84.4 cm³/mol. The van der Waals surface area contributed by atoms with Gasteiger partial charge in [-0.15, -0.1) is 0 Å². The van der Waals surface area contributed by atoms with Gasteiger partial charge in [-0.25, -0.2) is 0 Å². The number of rotatable bonds is 6. The summed E-state index contributed by atoms with van der Waals surface area (Å²) in [6.07, 6.45) is 1.88. The molecule has 1 N–H and O–H groups in total. The van der Waals surface area contributed by atoms with Gasteiger partial charge >= 0.3 is 0 Å². The van der Waals surface area contributed by atoms with Crippen molar-refractivity contribution in [2.45, 2.75) is 59.5 Å². The van der Waals surface area contributed by atoms with Crippen LogP contribution in [0.3, 0.4) is 0 Å². The molecule has 1 saturated heterocycles. The SMILES string of the molecule is CCn1nc(C)c([C@H](C)NC(=O)CCN2CCCC2=O)c1C. The van der Waals surface area contributed by atoms with E-state index in [9.17, 15) is 9.59 Å². The number of amides is 2. The van der Waals surface area contributed by atoms with E-state index in [1.165, 1.54) is 0 Å². The molecule has 0 saturated carbocycles. The summed E-state index contributed by atoms with van der Waals surface area (Å²) in [5.74, 6) is 0.145. The Morgan fingerprint density at radius 2 is 2.14 bits per heavy atom. The molecule has 6 heteroatoms. The minimum Gasteiger partial charge on any atom is -0.349 e. The van der Waals surface area contributed by atoms with Crippen LogP contribution < -0.4 is 5.32 Å². The van der Waals surface area contributed by atoms with Gasteiger partial charge in [0.05, 0.1) is 11.7 Å². The van der Waals surface area contributed by atoms with E-state index in [2.05, 4.69) is 17.3 Å². The van der Waals surface area contributed by atoms with Crippen molar-refractivity contribution in [3.05, 3.63) is 17.0 Å². The Bertz CT molecular complexity index is 565. The van der Waals surface area contributed by atoms with E-state index in [4.69, 9.17) is 0 Å². The van der Waals surface area contributed by atoms with E-state index >= 15 is 0 Å². The van der Waals surface area contributed by atoms with Crippen LogP contribution in [0.15, 0.2) is 0 Å². The molecule has 1 aromatic rings. The van der Waals surface area contributed by atoms with Gasteiger partial charge in [0.25, 0.3) is 0 Å². The first-order valence-electron chi connectivity index (χ1n) is 8.05. The zero-order valence-electron chi connectivity index (χ0n) is 14.0. The first-order chi connectivity index (χ1) is 10.4. The molecule has 6 nitrogen and oxygen atoms in total. The highest BCUT2D eigenvalue weighted by Gasteiger charge is 2.22. The molecule has 2 heterocycles. The summed E-state index contributed by atoms with van der Waals surface area (Å²) >= 11 is 0. The van der Waals surface area contributed by atoms with Gasteiger partial charge in [0, 0.05) is 43.7 Å². The Morgan fingerprint density at radius 3 is 2.68 bits per heavy atom. The van der Waals surface area contributed by atoms with Crippen LogP contribution in [-0.2, 0) is 16.1 Å². The normalized spacial score (nSPS) is 16.2. The second-order valence-corrected chi connectivity index (χ2v) is 5.92. The Balaban J connectivity index is 1.91. The van der Waals surface area contributed by atoms with E-state index in [0.29, 0.717) is 19.4 Å². The van der Waals surface area contributed by atoms with Crippen molar-refractivity contribution in [2.75, 3.05) is 13.1 Å². The zero-order valence-corrected chi connectivity index (χ0v) is 14.0. The van der Waals surface area contributed by atoms with Crippen LogP contribution in [0.2, 0.25) is 0 Å². The molecule has 2 amide bonds. The van der Waals surface area contributed by atoms with Gasteiger partial charge in [-0.3, -0.25) is 14.3 Å². The third-order valence-electron chi connectivity index (χ3n) is 4.33. The summed E-state index contributed by atoms with van der Waals surface area (Å²) < 4.78 is 1.95. The van der Waals surface area contributed by atoms with Crippen molar-refractivity contribution >= 4 is 11.8 Å². The number of aryl methyl sites for hydroxylation is 2. The van der Waals surface area contributed by atoms with Gasteiger partial charge in [0.15, 0.2) is 0 Å². The highest BCUT2D eigenvalue weighted by atomic mass is 16.2. The van der Waals surface area contributed by atoms with E-state index in [-0.39, 0.29) is 17.9 Å². The van der Waals surface area contributed by atoms with Crippen molar-refractivity contribution in [3.63, 3.8) is 0 Å². The second kappa shape index (κ2) is 6.94. The maximum absolute atomic E-state index is 12.1. The van der Waals surface area contributed by atoms with Crippen LogP contribution in [-0.4, -0.2) is 39.6 Å². The number of carbonyl (C=O) groups is 2. The van der Waals surface area contributed by atoms with Gasteiger partial charge < -0.3 is 10.2 Å². The molecule has 0 bridgehead atoms. The van der Waals surface area contributed by atoms with Crippen molar-refractivity contribution < 1.29 is 9.59 Å². The molecule has 1 fully saturated rings. The maximum atomic E-state index is 12.1. The summed E-state index contributed by atoms with van der Waals surface area (Å²) in [7, 11) is 0. The first-order valence-corrected chi connectivity index (χ1v) is 8.05. The quantitative estimate of drug-likeness (QED) is 0.870. The molecule has 1 atom stereocenters. The average Bonchev–Trinajstić information content (AvgIpc) is 2.99. The lowest BCUT2D eigenvalue weighted by Gasteiger charge is -2.18. The molecule has 22 heavy (non-hydrogen) atoms. The average molecular weight is 306 g/mol. The van der Waals surface area contributed by atoms with Crippen LogP contribution >= 0.6 is 0 Å². The van der Waals surface area contributed by atoms with E-state index in [0.717, 1.165) is 36.5 Å². The Kier molecular flexibility index (Phi) is 5.21. The molecule has 122 valence electrons. The standard InChI is InChI=1S/C16H26N4O2/c1-5-20-13(4)16(12(3)18-20)11(2)17-14(21)8-10-19-9-6-7-15(19)22/h11H,5-10H2,1-4H3,(H,17,21)/t11-/m0/s1. The topological polar surface area (TPSA) is 67.2 Å². The first kappa shape index (κ1) is 16.5. The molecule has 0 unspecified atom stereocenters. The number of aromatic nitrogens is 2. The fourth-order valence-corrected chi connectivity index (χ4v) is 3.21. The van der Waals surface area contributed by atoms with Gasteiger partial charge in [-0.2, -0.15) is 5.10 Å². The molecule has 2 rings (SSSR count). The maximum Gasteiger partial charge on any atom is 0.222 e. The largest absolute Gasteiger partial charge is 0.349 e. The molecular weight excluding hydrogens is 280 g/mol. The summed E-state index contributed by atoms with van der Waals surface area (Å²) in [4.78, 5) is 25.4. The van der Waals surface area contributed by atoms with Crippen LogP contribution in [0.4, 0.5) is 0 Å². The summed E-state index contributed by atoms with van der Waals surface area (Å²) in [6, 6.07) is -0.0675. The van der Waals surface area contributed by atoms with E-state index in [1.807, 2.05) is 25.5 Å². The number of carbonyl (C=O) groups excluding carboxylic acids is 2. The van der Waals surface area contributed by atoms with Crippen molar-refractivity contribution in [1.82, 2.24) is 20.0 Å². The van der Waals surface area contributed by atoms with Gasteiger partial charge in [-0.1, -0.05) is 0 Å². The molecule has 1 aliphatic rings. The van der Waals surface area contributed by atoms with Crippen LogP contribution in [0.25, 0.3) is 0 Å². The minimum atomic E-state index is -0.0675. The molecule has 0 aromatic carbocycles. The van der Waals surface area contributed by atoms with E-state index < -0.39 is 0 Å². The molecule has 0 spiro atoms. The van der Waals surface area contributed by atoms with Crippen molar-refractivity contribution in [2.24, 2.45) is 0 Å². The highest BCUT2D eigenvalue weighted by Crippen LogP contribution is 2.21. The van der Waals surface area contributed by atoms with Gasteiger partial charge in [0.2, 0.25) is 11.8 Å². The Hall–Kier alpha value is -1.85. The molecule has 0 aliphatic carbocycles. The monoisotopic (exact) mass is 306 g/mol. The van der Waals surface area contributed by atoms with E-state index in [1.54, 1.807) is 4.90 Å². The number of likely N-dealkylation sites (tertiary alicyclic amines) is 1. The number of hydrogen-bond acceptors (Lipinski definition) is 3. The number of nitrogens with one attached hydrogen (secondary N) is 1. The molecule has 1 aromatic heterocycles. The lowest BCUT2D eigenvalue weighted by Crippen LogP contribution is -2.33. The summed E-state index contributed by atoms with van der Waals surface area (Å²) in [5.41, 5.74) is 3.15. The fraction of sp³-hybridized carbons (Fsp3) is 0.688. The molecule has 1 aliphatic heterocycles. The zero-order chi connectivity index (χ0) is 16.3. The van der Waals surface area contributed by atoms with Crippen LogP contribution in [0, 0.1) is 13.8 Å². The third-order valence-corrected chi connectivity index (χ3v) is 4.33.